The minimum atomic E-state index is -1.14. The normalized spacial score (nSPS) is 14.7. The van der Waals surface area contributed by atoms with Crippen molar-refractivity contribution < 1.29 is 29.0 Å². The highest BCUT2D eigenvalue weighted by atomic mass is 16.6. The number of benzene rings is 4. The molecule has 0 radical (unpaired) electrons. The van der Waals surface area contributed by atoms with Gasteiger partial charge in [-0.25, -0.2) is 19.2 Å². The van der Waals surface area contributed by atoms with E-state index >= 15 is 0 Å². The number of aromatic carboxylic acids is 1. The number of piperazine rings is 2. The number of carboxylic acid groups (broad SMARTS) is 1. The lowest BCUT2D eigenvalue weighted by molar-refractivity contribution is 0.00620. The van der Waals surface area contributed by atoms with Gasteiger partial charge < -0.3 is 19.6 Å². The molecule has 0 unspecified atom stereocenters. The summed E-state index contributed by atoms with van der Waals surface area (Å²) in [5, 5.41) is 16.9. The highest BCUT2D eigenvalue weighted by molar-refractivity contribution is 5.88. The van der Waals surface area contributed by atoms with Gasteiger partial charge in [0, 0.05) is 77.8 Å². The van der Waals surface area contributed by atoms with Crippen molar-refractivity contribution in [2.75, 3.05) is 52.4 Å². The number of ether oxygens (including phenoxy) is 1. The van der Waals surface area contributed by atoms with Crippen molar-refractivity contribution in [2.24, 2.45) is 0 Å². The lowest BCUT2D eigenvalue weighted by atomic mass is 9.99. The number of hydrogen-bond donors (Lipinski definition) is 1. The van der Waals surface area contributed by atoms with Crippen molar-refractivity contribution in [1.29, 1.82) is 0 Å². The van der Waals surface area contributed by atoms with Gasteiger partial charge >= 0.3 is 24.0 Å². The number of rotatable bonds is 8. The zero-order valence-corrected chi connectivity index (χ0v) is 37.2. The molecule has 0 spiro atoms. The SMILES string of the molecule is Cc1cc(-c2ccccc2)ccc1CN1CCN(C(=O)n2ccc(C(=O)O)n2)CC1.Cc1cc(-c2ccccc2)ccc1CN1CCN(C(=O)n2ccc(C(=O)OC(C)(C)C)n2)CC1. The standard InChI is InChI=1S/C27H32N4O3.C23H24N4O3/c1-20-18-22(21-8-6-5-7-9-21)10-11-23(20)19-29-14-16-30(17-15-29)26(33)31-13-12-24(28-31)25(32)34-27(2,3)4;1-17-15-19(18-5-3-2-4-6-18)7-8-20(17)16-25-11-13-26(14-12-25)23(30)27-10-9-21(24-27)22(28)29/h5-13,18H,14-17,19H2,1-4H3;2-10,15H,11-14,16H2,1H3,(H,28,29). The summed E-state index contributed by atoms with van der Waals surface area (Å²) in [6.45, 7) is 16.9. The van der Waals surface area contributed by atoms with Crippen molar-refractivity contribution in [1.82, 2.24) is 39.2 Å². The number of nitrogens with zero attached hydrogens (tertiary/aromatic N) is 8. The van der Waals surface area contributed by atoms with E-state index in [1.807, 2.05) is 24.3 Å². The van der Waals surface area contributed by atoms with Crippen LogP contribution in [0.1, 0.15) is 64.0 Å². The van der Waals surface area contributed by atoms with Crippen LogP contribution in [0.4, 0.5) is 9.59 Å². The zero-order valence-electron chi connectivity index (χ0n) is 37.2. The van der Waals surface area contributed by atoms with E-state index in [0.717, 1.165) is 44.0 Å². The minimum absolute atomic E-state index is 0.128. The van der Waals surface area contributed by atoms with Gasteiger partial charge in [-0.05, 0) is 91.3 Å². The third-order valence-electron chi connectivity index (χ3n) is 11.4. The van der Waals surface area contributed by atoms with Crippen LogP contribution in [0.25, 0.3) is 22.3 Å². The number of hydrogen-bond acceptors (Lipinski definition) is 9. The van der Waals surface area contributed by atoms with Gasteiger partial charge in [0.2, 0.25) is 0 Å². The molecule has 2 fully saturated rings. The molecule has 14 heteroatoms. The Morgan fingerprint density at radius 3 is 1.33 bits per heavy atom. The van der Waals surface area contributed by atoms with Crippen LogP contribution in [0, 0.1) is 13.8 Å². The molecule has 2 aliphatic rings. The quantitative estimate of drug-likeness (QED) is 0.150. The molecule has 1 N–H and O–H groups in total. The number of carbonyl (C=O) groups is 4. The van der Waals surface area contributed by atoms with Gasteiger partial charge in [-0.3, -0.25) is 9.80 Å². The Balaban J connectivity index is 0.000000193. The fourth-order valence-corrected chi connectivity index (χ4v) is 7.75. The summed E-state index contributed by atoms with van der Waals surface area (Å²) in [5.74, 6) is -1.67. The Morgan fingerprint density at radius 2 is 0.953 bits per heavy atom. The second kappa shape index (κ2) is 20.1. The molecule has 332 valence electrons. The lowest BCUT2D eigenvalue weighted by Gasteiger charge is -2.34. The van der Waals surface area contributed by atoms with Crippen LogP contribution >= 0.6 is 0 Å². The first kappa shape index (κ1) is 45.1. The number of esters is 1. The first-order valence-corrected chi connectivity index (χ1v) is 21.6. The van der Waals surface area contributed by atoms with Gasteiger partial charge in [-0.1, -0.05) is 97.1 Å². The van der Waals surface area contributed by atoms with Gasteiger partial charge in [0.1, 0.15) is 5.60 Å². The fraction of sp³-hybridized carbons (Fsp3) is 0.320. The predicted molar refractivity (Wildman–Crippen MR) is 245 cm³/mol. The molecule has 0 bridgehead atoms. The van der Waals surface area contributed by atoms with Crippen molar-refractivity contribution in [3.63, 3.8) is 0 Å². The smallest absolute Gasteiger partial charge is 0.359 e. The average Bonchev–Trinajstić information content (AvgIpc) is 4.01. The number of aromatic nitrogens is 4. The molecule has 2 amide bonds. The molecule has 2 saturated heterocycles. The fourth-order valence-electron chi connectivity index (χ4n) is 7.75. The Hall–Kier alpha value is -6.90. The molecule has 0 aliphatic carbocycles. The summed E-state index contributed by atoms with van der Waals surface area (Å²) < 4.78 is 7.66. The van der Waals surface area contributed by atoms with E-state index in [1.165, 1.54) is 73.7 Å². The van der Waals surface area contributed by atoms with Crippen LogP contribution in [-0.2, 0) is 17.8 Å². The summed E-state index contributed by atoms with van der Waals surface area (Å²) >= 11 is 0. The summed E-state index contributed by atoms with van der Waals surface area (Å²) in [7, 11) is 0. The lowest BCUT2D eigenvalue weighted by Crippen LogP contribution is -2.49. The molecule has 0 atom stereocenters. The molecular weight excluding hydrogens is 809 g/mol. The molecule has 64 heavy (non-hydrogen) atoms. The molecule has 6 aromatic rings. The van der Waals surface area contributed by atoms with E-state index in [-0.39, 0.29) is 23.5 Å². The first-order chi connectivity index (χ1) is 30.7. The Labute approximate surface area is 374 Å². The van der Waals surface area contributed by atoms with Gasteiger partial charge in [0.25, 0.3) is 0 Å². The predicted octanol–water partition coefficient (Wildman–Crippen LogP) is 7.94. The third-order valence-corrected chi connectivity index (χ3v) is 11.4. The van der Waals surface area contributed by atoms with Gasteiger partial charge in [-0.15, -0.1) is 0 Å². The van der Waals surface area contributed by atoms with Crippen LogP contribution < -0.4 is 0 Å². The van der Waals surface area contributed by atoms with Crippen molar-refractivity contribution in [2.45, 2.75) is 53.3 Å². The second-order valence-electron chi connectivity index (χ2n) is 17.2. The van der Waals surface area contributed by atoms with Gasteiger partial charge in [0.15, 0.2) is 11.4 Å². The Kier molecular flexibility index (Phi) is 14.2. The summed E-state index contributed by atoms with van der Waals surface area (Å²) in [4.78, 5) is 56.7. The monoisotopic (exact) mass is 864 g/mol. The maximum atomic E-state index is 12.9. The van der Waals surface area contributed by atoms with E-state index in [4.69, 9.17) is 9.84 Å². The highest BCUT2D eigenvalue weighted by Crippen LogP contribution is 2.25. The summed E-state index contributed by atoms with van der Waals surface area (Å²) in [5.41, 5.74) is 9.38. The third kappa shape index (κ3) is 11.6. The summed E-state index contributed by atoms with van der Waals surface area (Å²) in [6.07, 6.45) is 2.92. The summed E-state index contributed by atoms with van der Waals surface area (Å²) in [6, 6.07) is 36.3. The van der Waals surface area contributed by atoms with Crippen molar-refractivity contribution >= 4 is 24.0 Å². The van der Waals surface area contributed by atoms with Crippen LogP contribution in [0.15, 0.2) is 122 Å². The Morgan fingerprint density at radius 1 is 0.547 bits per heavy atom. The average molecular weight is 865 g/mol. The first-order valence-electron chi connectivity index (χ1n) is 21.6. The molecule has 14 nitrogen and oxygen atoms in total. The van der Waals surface area contributed by atoms with E-state index in [1.54, 1.807) is 30.6 Å². The molecule has 4 aromatic carbocycles. The number of carboxylic acids is 1. The van der Waals surface area contributed by atoms with Gasteiger partial charge in [0.05, 0.1) is 0 Å². The minimum Gasteiger partial charge on any atom is -0.476 e. The molecule has 4 heterocycles. The second-order valence-corrected chi connectivity index (χ2v) is 17.2. The maximum absolute atomic E-state index is 12.9. The van der Waals surface area contributed by atoms with E-state index in [9.17, 15) is 19.2 Å². The van der Waals surface area contributed by atoms with Crippen LogP contribution in [0.2, 0.25) is 0 Å². The number of aryl methyl sites for hydroxylation is 2. The van der Waals surface area contributed by atoms with E-state index in [2.05, 4.69) is 107 Å². The van der Waals surface area contributed by atoms with Crippen LogP contribution in [-0.4, -0.2) is 126 Å². The molecule has 2 aromatic heterocycles. The van der Waals surface area contributed by atoms with Crippen LogP contribution in [0.5, 0.6) is 0 Å². The number of amides is 2. The van der Waals surface area contributed by atoms with Crippen molar-refractivity contribution in [3.05, 3.63) is 155 Å². The molecule has 0 saturated carbocycles. The van der Waals surface area contributed by atoms with Gasteiger partial charge in [-0.2, -0.15) is 19.6 Å². The highest BCUT2D eigenvalue weighted by Gasteiger charge is 2.27. The maximum Gasteiger partial charge on any atom is 0.359 e. The molecular formula is C50H56N8O6. The topological polar surface area (TPSA) is 146 Å². The largest absolute Gasteiger partial charge is 0.476 e. The molecule has 8 rings (SSSR count). The number of carbonyl (C=O) groups excluding carboxylic acids is 3. The van der Waals surface area contributed by atoms with E-state index < -0.39 is 17.5 Å². The van der Waals surface area contributed by atoms with Crippen LogP contribution in [0.3, 0.4) is 0 Å². The molecule has 2 aliphatic heterocycles. The van der Waals surface area contributed by atoms with E-state index in [0.29, 0.717) is 26.2 Å². The van der Waals surface area contributed by atoms with Crippen molar-refractivity contribution in [3.8, 4) is 22.3 Å². The zero-order chi connectivity index (χ0) is 45.4. The Bertz CT molecular complexity index is 2570.